The topological polar surface area (TPSA) is 33.1 Å². The number of hydrogen-bond donors (Lipinski definition) is 1. The fraction of sp³-hybridized carbons (Fsp3) is 0.769. The standard InChI is InChI=1S/C13H22N4/c1-16-8-6-14-12(16)10-17-9-7-15-13(11-17)4-2-3-5-13/h6,8,15H,2-5,7,9-11H2,1H3. The van der Waals surface area contributed by atoms with E-state index in [1.165, 1.54) is 38.1 Å². The van der Waals surface area contributed by atoms with Crippen LogP contribution >= 0.6 is 0 Å². The predicted molar refractivity (Wildman–Crippen MR) is 67.7 cm³/mol. The maximum absolute atomic E-state index is 4.43. The fourth-order valence-corrected chi connectivity index (χ4v) is 3.31. The Kier molecular flexibility index (Phi) is 2.92. The van der Waals surface area contributed by atoms with Crippen LogP contribution < -0.4 is 5.32 Å². The molecular weight excluding hydrogens is 212 g/mol. The van der Waals surface area contributed by atoms with Gasteiger partial charge in [0.1, 0.15) is 5.82 Å². The Bertz CT molecular complexity index is 379. The average Bonchev–Trinajstić information content (AvgIpc) is 2.91. The SMILES string of the molecule is Cn1ccnc1CN1CCNC2(CCCC2)C1. The Hall–Kier alpha value is -0.870. The van der Waals surface area contributed by atoms with E-state index in [1.54, 1.807) is 0 Å². The highest BCUT2D eigenvalue weighted by atomic mass is 15.2. The molecule has 2 aliphatic rings. The molecule has 0 bridgehead atoms. The monoisotopic (exact) mass is 234 g/mol. The summed E-state index contributed by atoms with van der Waals surface area (Å²) >= 11 is 0. The second kappa shape index (κ2) is 4.42. The molecule has 0 aromatic carbocycles. The van der Waals surface area contributed by atoms with Gasteiger partial charge in [-0.05, 0) is 12.8 Å². The molecule has 0 unspecified atom stereocenters. The summed E-state index contributed by atoms with van der Waals surface area (Å²) in [6.07, 6.45) is 9.41. The third-order valence-electron chi connectivity index (χ3n) is 4.30. The van der Waals surface area contributed by atoms with E-state index in [0.29, 0.717) is 5.54 Å². The lowest BCUT2D eigenvalue weighted by atomic mass is 9.94. The molecule has 1 aromatic rings. The van der Waals surface area contributed by atoms with Crippen molar-refractivity contribution < 1.29 is 0 Å². The highest BCUT2D eigenvalue weighted by Gasteiger charge is 2.37. The number of rotatable bonds is 2. The van der Waals surface area contributed by atoms with Crippen molar-refractivity contribution in [1.82, 2.24) is 19.8 Å². The van der Waals surface area contributed by atoms with Gasteiger partial charge in [0.15, 0.2) is 0 Å². The van der Waals surface area contributed by atoms with E-state index in [1.807, 2.05) is 12.4 Å². The molecule has 0 atom stereocenters. The molecular formula is C13H22N4. The summed E-state index contributed by atoms with van der Waals surface area (Å²) < 4.78 is 2.13. The first-order valence-electron chi connectivity index (χ1n) is 6.71. The Morgan fingerprint density at radius 3 is 2.94 bits per heavy atom. The third kappa shape index (κ3) is 2.24. The van der Waals surface area contributed by atoms with Crippen molar-refractivity contribution >= 4 is 0 Å². The lowest BCUT2D eigenvalue weighted by Crippen LogP contribution is -2.58. The molecule has 1 N–H and O–H groups in total. The number of nitrogens with one attached hydrogen (secondary N) is 1. The van der Waals surface area contributed by atoms with Crippen LogP contribution in [0, 0.1) is 0 Å². The van der Waals surface area contributed by atoms with Crippen LogP contribution in [0.5, 0.6) is 0 Å². The fourth-order valence-electron chi connectivity index (χ4n) is 3.31. The molecule has 1 aromatic heterocycles. The normalized spacial score (nSPS) is 24.5. The van der Waals surface area contributed by atoms with Gasteiger partial charge in [-0.25, -0.2) is 4.98 Å². The number of hydrogen-bond acceptors (Lipinski definition) is 3. The third-order valence-corrected chi connectivity index (χ3v) is 4.30. The molecule has 1 saturated heterocycles. The minimum absolute atomic E-state index is 0.420. The predicted octanol–water partition coefficient (Wildman–Crippen LogP) is 1.14. The van der Waals surface area contributed by atoms with Gasteiger partial charge < -0.3 is 9.88 Å². The first-order chi connectivity index (χ1) is 8.27. The minimum Gasteiger partial charge on any atom is -0.337 e. The molecule has 2 fully saturated rings. The Morgan fingerprint density at radius 1 is 1.41 bits per heavy atom. The van der Waals surface area contributed by atoms with Crippen LogP contribution in [0.3, 0.4) is 0 Å². The van der Waals surface area contributed by atoms with E-state index in [0.717, 1.165) is 19.6 Å². The molecule has 17 heavy (non-hydrogen) atoms. The highest BCUT2D eigenvalue weighted by molar-refractivity contribution is 5.00. The number of aromatic nitrogens is 2. The van der Waals surface area contributed by atoms with Crippen molar-refractivity contribution in [3.8, 4) is 0 Å². The van der Waals surface area contributed by atoms with Crippen LogP contribution in [-0.4, -0.2) is 39.6 Å². The van der Waals surface area contributed by atoms with Crippen molar-refractivity contribution in [3.05, 3.63) is 18.2 Å². The van der Waals surface area contributed by atoms with E-state index < -0.39 is 0 Å². The number of piperazine rings is 1. The van der Waals surface area contributed by atoms with E-state index >= 15 is 0 Å². The van der Waals surface area contributed by atoms with Crippen LogP contribution in [0.15, 0.2) is 12.4 Å². The quantitative estimate of drug-likeness (QED) is 0.833. The summed E-state index contributed by atoms with van der Waals surface area (Å²) in [6, 6.07) is 0. The molecule has 4 nitrogen and oxygen atoms in total. The summed E-state index contributed by atoms with van der Waals surface area (Å²) in [7, 11) is 2.08. The maximum atomic E-state index is 4.43. The van der Waals surface area contributed by atoms with Crippen LogP contribution in [-0.2, 0) is 13.6 Å². The van der Waals surface area contributed by atoms with Crippen molar-refractivity contribution in [2.45, 2.75) is 37.8 Å². The largest absolute Gasteiger partial charge is 0.337 e. The van der Waals surface area contributed by atoms with Gasteiger partial charge in [0.05, 0.1) is 6.54 Å². The zero-order valence-corrected chi connectivity index (χ0v) is 10.7. The molecule has 0 radical (unpaired) electrons. The van der Waals surface area contributed by atoms with Gasteiger partial charge in [0.25, 0.3) is 0 Å². The molecule has 94 valence electrons. The molecule has 1 aliphatic heterocycles. The lowest BCUT2D eigenvalue weighted by molar-refractivity contribution is 0.125. The van der Waals surface area contributed by atoms with Gasteiger partial charge >= 0.3 is 0 Å². The van der Waals surface area contributed by atoms with E-state index in [2.05, 4.69) is 26.8 Å². The summed E-state index contributed by atoms with van der Waals surface area (Å²) in [5.41, 5.74) is 0.420. The molecule has 1 spiro atoms. The zero-order chi connectivity index (χ0) is 11.7. The van der Waals surface area contributed by atoms with Crippen LogP contribution in [0.25, 0.3) is 0 Å². The smallest absolute Gasteiger partial charge is 0.122 e. The van der Waals surface area contributed by atoms with Crippen molar-refractivity contribution in [3.63, 3.8) is 0 Å². The number of imidazole rings is 1. The Morgan fingerprint density at radius 2 is 2.24 bits per heavy atom. The van der Waals surface area contributed by atoms with Crippen LogP contribution in [0.4, 0.5) is 0 Å². The van der Waals surface area contributed by atoms with Crippen LogP contribution in [0.1, 0.15) is 31.5 Å². The van der Waals surface area contributed by atoms with Gasteiger partial charge in [0.2, 0.25) is 0 Å². The Balaban J connectivity index is 1.66. The van der Waals surface area contributed by atoms with E-state index in [9.17, 15) is 0 Å². The summed E-state index contributed by atoms with van der Waals surface area (Å²) in [4.78, 5) is 6.99. The van der Waals surface area contributed by atoms with Gasteiger partial charge in [-0.15, -0.1) is 0 Å². The van der Waals surface area contributed by atoms with Gasteiger partial charge in [-0.3, -0.25) is 4.90 Å². The second-order valence-corrected chi connectivity index (χ2v) is 5.58. The minimum atomic E-state index is 0.420. The summed E-state index contributed by atoms with van der Waals surface area (Å²) in [5.74, 6) is 1.18. The Labute approximate surface area is 103 Å². The molecule has 1 aliphatic carbocycles. The van der Waals surface area contributed by atoms with Crippen molar-refractivity contribution in [1.29, 1.82) is 0 Å². The summed E-state index contributed by atoms with van der Waals surface area (Å²) in [6.45, 7) is 4.46. The first kappa shape index (κ1) is 11.2. The molecule has 3 rings (SSSR count). The molecule has 1 saturated carbocycles. The molecule has 2 heterocycles. The van der Waals surface area contributed by atoms with Gasteiger partial charge in [-0.2, -0.15) is 0 Å². The molecule has 4 heteroatoms. The van der Waals surface area contributed by atoms with Crippen LogP contribution in [0.2, 0.25) is 0 Å². The maximum Gasteiger partial charge on any atom is 0.122 e. The number of aryl methyl sites for hydroxylation is 1. The lowest BCUT2D eigenvalue weighted by Gasteiger charge is -2.41. The second-order valence-electron chi connectivity index (χ2n) is 5.58. The van der Waals surface area contributed by atoms with E-state index in [-0.39, 0.29) is 0 Å². The first-order valence-corrected chi connectivity index (χ1v) is 6.71. The van der Waals surface area contributed by atoms with Crippen molar-refractivity contribution in [2.24, 2.45) is 7.05 Å². The zero-order valence-electron chi connectivity index (χ0n) is 10.7. The molecule has 0 amide bonds. The van der Waals surface area contributed by atoms with Crippen molar-refractivity contribution in [2.75, 3.05) is 19.6 Å². The average molecular weight is 234 g/mol. The summed E-state index contributed by atoms with van der Waals surface area (Å²) in [5, 5.41) is 3.75. The van der Waals surface area contributed by atoms with E-state index in [4.69, 9.17) is 0 Å². The van der Waals surface area contributed by atoms with Gasteiger partial charge in [0, 0.05) is 44.6 Å². The number of nitrogens with zero attached hydrogens (tertiary/aromatic N) is 3. The van der Waals surface area contributed by atoms with Gasteiger partial charge in [-0.1, -0.05) is 12.8 Å². The highest BCUT2D eigenvalue weighted by Crippen LogP contribution is 2.32.